The molecule has 2 aromatic carbocycles. The Morgan fingerprint density at radius 2 is 1.85 bits per heavy atom. The number of carbonyl (C=O) groups excluding carboxylic acids is 1. The maximum absolute atomic E-state index is 13.4. The Kier molecular flexibility index (Phi) is 4.03. The molecule has 0 spiro atoms. The molecule has 0 saturated carbocycles. The Morgan fingerprint density at radius 1 is 1.15 bits per heavy atom. The number of nitrogens with one attached hydrogen (secondary N) is 1. The van der Waals surface area contributed by atoms with Crippen LogP contribution in [0.3, 0.4) is 0 Å². The first kappa shape index (κ1) is 14.1. The van der Waals surface area contributed by atoms with Crippen LogP contribution in [0.2, 0.25) is 0 Å². The van der Waals surface area contributed by atoms with E-state index in [-0.39, 0.29) is 5.69 Å². The van der Waals surface area contributed by atoms with Crippen LogP contribution in [0.25, 0.3) is 0 Å². The minimum absolute atomic E-state index is 0.0968. The minimum atomic E-state index is -0.705. The summed E-state index contributed by atoms with van der Waals surface area (Å²) in [5.74, 6) is -0.0158. The van der Waals surface area contributed by atoms with Crippen molar-refractivity contribution in [1.82, 2.24) is 0 Å². The Balaban J connectivity index is 2.15. The van der Waals surface area contributed by atoms with Gasteiger partial charge >= 0.3 is 6.09 Å². The van der Waals surface area contributed by atoms with Crippen LogP contribution in [0.5, 0.6) is 5.75 Å². The zero-order valence-electron chi connectivity index (χ0n) is 11.7. The fourth-order valence-corrected chi connectivity index (χ4v) is 1.90. The van der Waals surface area contributed by atoms with Gasteiger partial charge in [-0.15, -0.1) is 0 Å². The van der Waals surface area contributed by atoms with E-state index in [9.17, 15) is 9.18 Å². The number of hydrogen-bond donors (Lipinski definition) is 1. The highest BCUT2D eigenvalue weighted by Crippen LogP contribution is 2.24. The number of ether oxygens (including phenoxy) is 1. The number of aryl methyl sites for hydroxylation is 2. The summed E-state index contributed by atoms with van der Waals surface area (Å²) in [5.41, 5.74) is 3.03. The molecular weight excluding hydrogens is 257 g/mol. The van der Waals surface area contributed by atoms with Gasteiger partial charge in [0.05, 0.1) is 5.69 Å². The van der Waals surface area contributed by atoms with Crippen molar-refractivity contribution in [3.05, 3.63) is 58.9 Å². The molecular formula is C16H16FNO2. The SMILES string of the molecule is Cc1cc(C)c(C)c(OC(=O)Nc2ccccc2F)c1. The average Bonchev–Trinajstić information content (AvgIpc) is 2.38. The molecule has 0 aliphatic carbocycles. The summed E-state index contributed by atoms with van der Waals surface area (Å²) in [6.07, 6.45) is -0.705. The van der Waals surface area contributed by atoms with E-state index in [0.29, 0.717) is 5.75 Å². The minimum Gasteiger partial charge on any atom is -0.410 e. The lowest BCUT2D eigenvalue weighted by molar-refractivity contribution is 0.214. The van der Waals surface area contributed by atoms with E-state index >= 15 is 0 Å². The van der Waals surface area contributed by atoms with Gasteiger partial charge in [0.1, 0.15) is 11.6 Å². The third-order valence-corrected chi connectivity index (χ3v) is 3.08. The van der Waals surface area contributed by atoms with Crippen LogP contribution in [0.4, 0.5) is 14.9 Å². The van der Waals surface area contributed by atoms with Crippen LogP contribution in [-0.4, -0.2) is 6.09 Å². The quantitative estimate of drug-likeness (QED) is 0.882. The highest BCUT2D eigenvalue weighted by atomic mass is 19.1. The normalized spacial score (nSPS) is 10.2. The zero-order chi connectivity index (χ0) is 14.7. The van der Waals surface area contributed by atoms with Crippen molar-refractivity contribution in [1.29, 1.82) is 0 Å². The van der Waals surface area contributed by atoms with Gasteiger partial charge < -0.3 is 4.74 Å². The van der Waals surface area contributed by atoms with Gasteiger partial charge in [-0.05, 0) is 55.7 Å². The summed E-state index contributed by atoms with van der Waals surface area (Å²) in [5, 5.41) is 2.39. The Bertz CT molecular complexity index is 653. The van der Waals surface area contributed by atoms with E-state index in [4.69, 9.17) is 4.74 Å². The largest absolute Gasteiger partial charge is 0.417 e. The number of carbonyl (C=O) groups is 1. The highest BCUT2D eigenvalue weighted by molar-refractivity contribution is 5.86. The number of hydrogen-bond acceptors (Lipinski definition) is 2. The topological polar surface area (TPSA) is 38.3 Å². The molecule has 1 N–H and O–H groups in total. The monoisotopic (exact) mass is 273 g/mol. The summed E-state index contributed by atoms with van der Waals surface area (Å²) < 4.78 is 18.7. The third-order valence-electron chi connectivity index (χ3n) is 3.08. The average molecular weight is 273 g/mol. The molecule has 0 unspecified atom stereocenters. The molecule has 0 aromatic heterocycles. The van der Waals surface area contributed by atoms with Gasteiger partial charge in [0.15, 0.2) is 0 Å². The van der Waals surface area contributed by atoms with E-state index in [1.165, 1.54) is 12.1 Å². The fraction of sp³-hybridized carbons (Fsp3) is 0.188. The van der Waals surface area contributed by atoms with Crippen LogP contribution >= 0.6 is 0 Å². The van der Waals surface area contributed by atoms with E-state index in [0.717, 1.165) is 16.7 Å². The van der Waals surface area contributed by atoms with E-state index in [1.54, 1.807) is 18.2 Å². The van der Waals surface area contributed by atoms with E-state index in [1.807, 2.05) is 26.8 Å². The van der Waals surface area contributed by atoms with Gasteiger partial charge in [-0.2, -0.15) is 0 Å². The molecule has 104 valence electrons. The lowest BCUT2D eigenvalue weighted by Crippen LogP contribution is -2.18. The Hall–Kier alpha value is -2.36. The van der Waals surface area contributed by atoms with Crippen molar-refractivity contribution in [2.45, 2.75) is 20.8 Å². The number of para-hydroxylation sites is 1. The zero-order valence-corrected chi connectivity index (χ0v) is 11.7. The van der Waals surface area contributed by atoms with Gasteiger partial charge in [-0.1, -0.05) is 18.2 Å². The van der Waals surface area contributed by atoms with E-state index < -0.39 is 11.9 Å². The number of rotatable bonds is 2. The molecule has 0 aliphatic rings. The lowest BCUT2D eigenvalue weighted by Gasteiger charge is -2.12. The second-order valence-corrected chi connectivity index (χ2v) is 4.70. The predicted molar refractivity (Wildman–Crippen MR) is 76.7 cm³/mol. The Labute approximate surface area is 117 Å². The molecule has 4 heteroatoms. The molecule has 1 amide bonds. The molecule has 0 heterocycles. The summed E-state index contributed by atoms with van der Waals surface area (Å²) in [6.45, 7) is 5.75. The number of benzene rings is 2. The van der Waals surface area contributed by atoms with Gasteiger partial charge in [-0.3, -0.25) is 5.32 Å². The van der Waals surface area contributed by atoms with Gasteiger partial charge in [0.25, 0.3) is 0 Å². The first-order chi connectivity index (χ1) is 9.47. The predicted octanol–water partition coefficient (Wildman–Crippen LogP) is 4.36. The molecule has 0 atom stereocenters. The molecule has 20 heavy (non-hydrogen) atoms. The van der Waals surface area contributed by atoms with Crippen molar-refractivity contribution in [3.63, 3.8) is 0 Å². The summed E-state index contributed by atoms with van der Waals surface area (Å²) in [6, 6.07) is 9.74. The fourth-order valence-electron chi connectivity index (χ4n) is 1.90. The van der Waals surface area contributed by atoms with Crippen molar-refractivity contribution < 1.29 is 13.9 Å². The maximum Gasteiger partial charge on any atom is 0.417 e. The second kappa shape index (κ2) is 5.74. The standard InChI is InChI=1S/C16H16FNO2/c1-10-8-11(2)12(3)15(9-10)20-16(19)18-14-7-5-4-6-13(14)17/h4-9H,1-3H3,(H,18,19). The Morgan fingerprint density at radius 3 is 2.55 bits per heavy atom. The van der Waals surface area contributed by atoms with Crippen LogP contribution in [0.1, 0.15) is 16.7 Å². The first-order valence-electron chi connectivity index (χ1n) is 6.28. The second-order valence-electron chi connectivity index (χ2n) is 4.70. The molecule has 0 aliphatic heterocycles. The van der Waals surface area contributed by atoms with Crippen LogP contribution in [0, 0.1) is 26.6 Å². The molecule has 0 bridgehead atoms. The highest BCUT2D eigenvalue weighted by Gasteiger charge is 2.11. The van der Waals surface area contributed by atoms with E-state index in [2.05, 4.69) is 5.32 Å². The van der Waals surface area contributed by atoms with Crippen molar-refractivity contribution in [2.75, 3.05) is 5.32 Å². The molecule has 0 radical (unpaired) electrons. The summed E-state index contributed by atoms with van der Waals surface area (Å²) in [4.78, 5) is 11.8. The maximum atomic E-state index is 13.4. The van der Waals surface area contributed by atoms with Crippen LogP contribution in [0.15, 0.2) is 36.4 Å². The third kappa shape index (κ3) is 3.15. The van der Waals surface area contributed by atoms with Gasteiger partial charge in [0, 0.05) is 0 Å². The van der Waals surface area contributed by atoms with Gasteiger partial charge in [0.2, 0.25) is 0 Å². The number of halogens is 1. The first-order valence-corrected chi connectivity index (χ1v) is 6.28. The van der Waals surface area contributed by atoms with Crippen molar-refractivity contribution in [2.24, 2.45) is 0 Å². The number of amides is 1. The van der Waals surface area contributed by atoms with Gasteiger partial charge in [-0.25, -0.2) is 9.18 Å². The van der Waals surface area contributed by atoms with Crippen molar-refractivity contribution in [3.8, 4) is 5.75 Å². The summed E-state index contributed by atoms with van der Waals surface area (Å²) in [7, 11) is 0. The van der Waals surface area contributed by atoms with Crippen LogP contribution in [-0.2, 0) is 0 Å². The molecule has 2 aromatic rings. The molecule has 0 saturated heterocycles. The molecule has 0 fully saturated rings. The smallest absolute Gasteiger partial charge is 0.410 e. The summed E-state index contributed by atoms with van der Waals surface area (Å²) >= 11 is 0. The molecule has 3 nitrogen and oxygen atoms in total. The van der Waals surface area contributed by atoms with Crippen molar-refractivity contribution >= 4 is 11.8 Å². The number of anilines is 1. The van der Waals surface area contributed by atoms with Crippen LogP contribution < -0.4 is 10.1 Å². The lowest BCUT2D eigenvalue weighted by atomic mass is 10.1. The molecule has 2 rings (SSSR count).